The molecule has 2 aromatic rings. The first-order chi connectivity index (χ1) is 16.9. The molecule has 0 radical (unpaired) electrons. The highest BCUT2D eigenvalue weighted by atomic mass is 16.5. The average molecular weight is 481 g/mol. The number of amides is 4. The number of anilines is 2. The Morgan fingerprint density at radius 1 is 1.06 bits per heavy atom. The first kappa shape index (κ1) is 24.5. The van der Waals surface area contributed by atoms with Crippen molar-refractivity contribution in [2.45, 2.75) is 50.9 Å². The van der Waals surface area contributed by atoms with Gasteiger partial charge in [0.15, 0.2) is 0 Å². The molecule has 0 aromatic heterocycles. The maximum absolute atomic E-state index is 13.3. The van der Waals surface area contributed by atoms with Gasteiger partial charge < -0.3 is 30.3 Å². The van der Waals surface area contributed by atoms with Gasteiger partial charge in [0.25, 0.3) is 5.91 Å². The number of urea groups is 1. The van der Waals surface area contributed by atoms with E-state index in [-0.39, 0.29) is 36.7 Å². The monoisotopic (exact) mass is 480 g/mol. The van der Waals surface area contributed by atoms with E-state index in [1.54, 1.807) is 42.3 Å². The number of carbonyl (C=O) groups excluding carboxylic acids is 3. The van der Waals surface area contributed by atoms with E-state index in [0.29, 0.717) is 42.1 Å². The van der Waals surface area contributed by atoms with E-state index < -0.39 is 6.03 Å². The van der Waals surface area contributed by atoms with Gasteiger partial charge in [-0.3, -0.25) is 9.59 Å². The molecule has 2 aromatic carbocycles. The Labute approximate surface area is 205 Å². The number of para-hydroxylation sites is 1. The SMILES string of the molecule is CCCNC(=O)C[C@H]1CC[C@@H]2[C@H](COc3ccc(NC(=O)Nc4ccccc4)cc3C(=O)N2C)O1. The molecule has 9 heteroatoms. The number of rotatable bonds is 6. The number of ether oxygens (including phenoxy) is 2. The summed E-state index contributed by atoms with van der Waals surface area (Å²) in [5.74, 6) is 0.207. The maximum atomic E-state index is 13.3. The van der Waals surface area contributed by atoms with Crippen LogP contribution in [0.2, 0.25) is 0 Å². The zero-order valence-electron chi connectivity index (χ0n) is 20.1. The normalized spacial score (nSPS) is 21.5. The summed E-state index contributed by atoms with van der Waals surface area (Å²) in [4.78, 5) is 39.5. The molecular formula is C26H32N4O5. The Morgan fingerprint density at radius 2 is 1.83 bits per heavy atom. The molecule has 1 saturated heterocycles. The predicted octanol–water partition coefficient (Wildman–Crippen LogP) is 3.63. The van der Waals surface area contributed by atoms with Crippen molar-refractivity contribution in [3.8, 4) is 5.75 Å². The largest absolute Gasteiger partial charge is 0.490 e. The average Bonchev–Trinajstić information content (AvgIpc) is 2.86. The second-order valence-corrected chi connectivity index (χ2v) is 8.88. The van der Waals surface area contributed by atoms with Crippen LogP contribution >= 0.6 is 0 Å². The van der Waals surface area contributed by atoms with Crippen LogP contribution in [0.3, 0.4) is 0 Å². The van der Waals surface area contributed by atoms with Gasteiger partial charge in [0, 0.05) is 25.0 Å². The smallest absolute Gasteiger partial charge is 0.323 e. The molecule has 9 nitrogen and oxygen atoms in total. The molecular weight excluding hydrogens is 448 g/mol. The van der Waals surface area contributed by atoms with Gasteiger partial charge in [0.2, 0.25) is 5.91 Å². The lowest BCUT2D eigenvalue weighted by atomic mass is 9.94. The van der Waals surface area contributed by atoms with Gasteiger partial charge in [-0.1, -0.05) is 25.1 Å². The molecule has 4 rings (SSSR count). The number of nitrogens with zero attached hydrogens (tertiary/aromatic N) is 1. The number of benzene rings is 2. The third kappa shape index (κ3) is 6.10. The lowest BCUT2D eigenvalue weighted by Gasteiger charge is -2.42. The first-order valence-electron chi connectivity index (χ1n) is 12.0. The van der Waals surface area contributed by atoms with Crippen LogP contribution in [0.5, 0.6) is 5.75 Å². The Bertz CT molecular complexity index is 1060. The fraction of sp³-hybridized carbons (Fsp3) is 0.423. The molecule has 4 amide bonds. The molecule has 1 fully saturated rings. The molecule has 0 aliphatic carbocycles. The number of fused-ring (bicyclic) bond motifs is 2. The number of nitrogens with one attached hydrogen (secondary N) is 3. The predicted molar refractivity (Wildman–Crippen MR) is 133 cm³/mol. The fourth-order valence-corrected chi connectivity index (χ4v) is 4.46. The standard InChI is InChI=1S/C26H32N4O5/c1-3-13-27-24(31)15-19-10-11-21-23(35-19)16-34-22-12-9-18(14-20(22)25(32)30(21)2)29-26(33)28-17-7-5-4-6-8-17/h4-9,12,14,19,21,23H,3,10-11,13,15-16H2,1-2H3,(H,27,31)(H2,28,29,33)/t19-,21-,23+/m1/s1. The summed E-state index contributed by atoms with van der Waals surface area (Å²) >= 11 is 0. The zero-order chi connectivity index (χ0) is 24.8. The lowest BCUT2D eigenvalue weighted by Crippen LogP contribution is -2.54. The van der Waals surface area contributed by atoms with Gasteiger partial charge in [-0.05, 0) is 49.6 Å². The van der Waals surface area contributed by atoms with Gasteiger partial charge in [0.1, 0.15) is 18.5 Å². The van der Waals surface area contributed by atoms with E-state index in [0.717, 1.165) is 12.8 Å². The highest BCUT2D eigenvalue weighted by Crippen LogP contribution is 2.32. The van der Waals surface area contributed by atoms with Crippen molar-refractivity contribution >= 4 is 29.2 Å². The summed E-state index contributed by atoms with van der Waals surface area (Å²) in [6.45, 7) is 2.93. The third-order valence-electron chi connectivity index (χ3n) is 6.29. The van der Waals surface area contributed by atoms with Crippen molar-refractivity contribution in [3.63, 3.8) is 0 Å². The maximum Gasteiger partial charge on any atom is 0.323 e. The van der Waals surface area contributed by atoms with E-state index in [9.17, 15) is 14.4 Å². The molecule has 2 heterocycles. The van der Waals surface area contributed by atoms with E-state index in [4.69, 9.17) is 9.47 Å². The molecule has 2 aliphatic heterocycles. The van der Waals surface area contributed by atoms with Crippen LogP contribution in [0.25, 0.3) is 0 Å². The van der Waals surface area contributed by atoms with Crippen molar-refractivity contribution in [3.05, 3.63) is 54.1 Å². The van der Waals surface area contributed by atoms with E-state index >= 15 is 0 Å². The van der Waals surface area contributed by atoms with Crippen LogP contribution < -0.4 is 20.7 Å². The zero-order valence-corrected chi connectivity index (χ0v) is 20.1. The Kier molecular flexibility index (Phi) is 7.87. The minimum Gasteiger partial charge on any atom is -0.490 e. The van der Waals surface area contributed by atoms with Gasteiger partial charge in [0.05, 0.1) is 24.1 Å². The fourth-order valence-electron chi connectivity index (χ4n) is 4.46. The molecule has 35 heavy (non-hydrogen) atoms. The minimum absolute atomic E-state index is 0.0202. The highest BCUT2D eigenvalue weighted by molar-refractivity contribution is 6.02. The lowest BCUT2D eigenvalue weighted by molar-refractivity contribution is -0.134. The van der Waals surface area contributed by atoms with Crippen molar-refractivity contribution in [1.29, 1.82) is 0 Å². The van der Waals surface area contributed by atoms with Crippen LogP contribution in [0.15, 0.2) is 48.5 Å². The van der Waals surface area contributed by atoms with Gasteiger partial charge >= 0.3 is 6.03 Å². The quantitative estimate of drug-likeness (QED) is 0.585. The Morgan fingerprint density at radius 3 is 2.60 bits per heavy atom. The Hall–Kier alpha value is -3.59. The van der Waals surface area contributed by atoms with Crippen LogP contribution in [-0.2, 0) is 9.53 Å². The molecule has 0 spiro atoms. The summed E-state index contributed by atoms with van der Waals surface area (Å²) < 4.78 is 12.2. The number of carbonyl (C=O) groups is 3. The van der Waals surface area contributed by atoms with Crippen LogP contribution in [0, 0.1) is 0 Å². The molecule has 186 valence electrons. The number of hydrogen-bond donors (Lipinski definition) is 3. The Balaban J connectivity index is 1.43. The first-order valence-corrected chi connectivity index (χ1v) is 12.0. The summed E-state index contributed by atoms with van der Waals surface area (Å²) in [5.41, 5.74) is 1.53. The second kappa shape index (κ2) is 11.2. The molecule has 0 bridgehead atoms. The number of hydrogen-bond acceptors (Lipinski definition) is 5. The van der Waals surface area contributed by atoms with Crippen molar-refractivity contribution < 1.29 is 23.9 Å². The summed E-state index contributed by atoms with van der Waals surface area (Å²) in [7, 11) is 1.76. The van der Waals surface area contributed by atoms with Crippen LogP contribution in [-0.4, -0.2) is 61.2 Å². The van der Waals surface area contributed by atoms with E-state index in [1.165, 1.54) is 0 Å². The van der Waals surface area contributed by atoms with Crippen molar-refractivity contribution in [2.24, 2.45) is 0 Å². The van der Waals surface area contributed by atoms with Gasteiger partial charge in [-0.25, -0.2) is 4.79 Å². The second-order valence-electron chi connectivity index (χ2n) is 8.88. The topological polar surface area (TPSA) is 109 Å². The highest BCUT2D eigenvalue weighted by Gasteiger charge is 2.39. The van der Waals surface area contributed by atoms with E-state index in [2.05, 4.69) is 16.0 Å². The molecule has 0 unspecified atom stereocenters. The summed E-state index contributed by atoms with van der Waals surface area (Å²) in [6.07, 6.45) is 2.06. The van der Waals surface area contributed by atoms with Crippen molar-refractivity contribution in [2.75, 3.05) is 30.8 Å². The molecule has 2 aliphatic rings. The molecule has 0 saturated carbocycles. The molecule has 3 atom stereocenters. The van der Waals surface area contributed by atoms with Crippen LogP contribution in [0.1, 0.15) is 43.0 Å². The van der Waals surface area contributed by atoms with E-state index in [1.807, 2.05) is 25.1 Å². The number of likely N-dealkylation sites (N-methyl/N-ethyl adjacent to an activating group) is 1. The van der Waals surface area contributed by atoms with Gasteiger partial charge in [-0.15, -0.1) is 0 Å². The van der Waals surface area contributed by atoms with Gasteiger partial charge in [-0.2, -0.15) is 0 Å². The minimum atomic E-state index is -0.404. The third-order valence-corrected chi connectivity index (χ3v) is 6.29. The van der Waals surface area contributed by atoms with Crippen LogP contribution in [0.4, 0.5) is 16.2 Å². The summed E-state index contributed by atoms with van der Waals surface area (Å²) in [5, 5.41) is 8.41. The molecule has 3 N–H and O–H groups in total. The van der Waals surface area contributed by atoms with Crippen molar-refractivity contribution in [1.82, 2.24) is 10.2 Å². The summed E-state index contributed by atoms with van der Waals surface area (Å²) in [6, 6.07) is 13.5.